The SMILES string of the molecule is CCCCCCCCCCOC(C=CCCCCCCCCCCCC(OCCC)OCCC)OC(C=CCCCCCCCCCCCC(OCCC)OCCC)OCCCCCCCCCC. The van der Waals surface area contributed by atoms with Crippen molar-refractivity contribution in [1.82, 2.24) is 0 Å². The van der Waals surface area contributed by atoms with Crippen LogP contribution < -0.4 is 0 Å². The smallest absolute Gasteiger partial charge is 0.180 e. The van der Waals surface area contributed by atoms with E-state index in [1.54, 1.807) is 0 Å². The van der Waals surface area contributed by atoms with E-state index in [4.69, 9.17) is 33.2 Å². The molecule has 0 aromatic rings. The molecule has 412 valence electrons. The summed E-state index contributed by atoms with van der Waals surface area (Å²) >= 11 is 0. The molecule has 2 unspecified atom stereocenters. The second-order valence-corrected chi connectivity index (χ2v) is 20.3. The van der Waals surface area contributed by atoms with Crippen LogP contribution in [-0.4, -0.2) is 64.8 Å². The second kappa shape index (κ2) is 59.8. The molecule has 0 saturated heterocycles. The summed E-state index contributed by atoms with van der Waals surface area (Å²) in [6, 6.07) is 0. The first kappa shape index (κ1) is 68.2. The highest BCUT2D eigenvalue weighted by atomic mass is 16.8. The predicted octanol–water partition coefficient (Wildman–Crippen LogP) is 20.0. The Balaban J connectivity index is 4.93. The van der Waals surface area contributed by atoms with Gasteiger partial charge in [-0.3, -0.25) is 0 Å². The summed E-state index contributed by atoms with van der Waals surface area (Å²) in [7, 11) is 0. The van der Waals surface area contributed by atoms with Gasteiger partial charge in [-0.2, -0.15) is 0 Å². The summed E-state index contributed by atoms with van der Waals surface area (Å²) in [5.41, 5.74) is 0. The third kappa shape index (κ3) is 53.3. The second-order valence-electron chi connectivity index (χ2n) is 20.3. The molecule has 0 aromatic heterocycles. The maximum absolute atomic E-state index is 6.64. The molecule has 0 fully saturated rings. The highest BCUT2D eigenvalue weighted by Crippen LogP contribution is 2.18. The fourth-order valence-electron chi connectivity index (χ4n) is 8.75. The number of hydrogen-bond donors (Lipinski definition) is 0. The van der Waals surface area contributed by atoms with E-state index >= 15 is 0 Å². The first-order chi connectivity index (χ1) is 34.1. The van der Waals surface area contributed by atoms with E-state index in [1.165, 1.54) is 205 Å². The van der Waals surface area contributed by atoms with Crippen molar-refractivity contribution in [2.24, 2.45) is 0 Å². The van der Waals surface area contributed by atoms with Crippen molar-refractivity contribution in [2.45, 2.75) is 336 Å². The van der Waals surface area contributed by atoms with Crippen LogP contribution in [0.15, 0.2) is 24.3 Å². The molecule has 0 heterocycles. The minimum Gasteiger partial charge on any atom is -0.353 e. The molecular weight excluding hydrogens is 857 g/mol. The van der Waals surface area contributed by atoms with E-state index in [0.29, 0.717) is 0 Å². The topological polar surface area (TPSA) is 64.6 Å². The molecule has 0 aliphatic rings. The quantitative estimate of drug-likeness (QED) is 0.0342. The molecule has 0 aliphatic heterocycles. The zero-order valence-electron chi connectivity index (χ0n) is 47.4. The van der Waals surface area contributed by atoms with E-state index in [2.05, 4.69) is 65.8 Å². The zero-order valence-corrected chi connectivity index (χ0v) is 47.4. The van der Waals surface area contributed by atoms with Gasteiger partial charge in [0.15, 0.2) is 25.2 Å². The average Bonchev–Trinajstić information content (AvgIpc) is 3.36. The van der Waals surface area contributed by atoms with Crippen molar-refractivity contribution in [1.29, 1.82) is 0 Å². The molecule has 0 spiro atoms. The molecular formula is C62H122O7. The van der Waals surface area contributed by atoms with Gasteiger partial charge in [0.05, 0.1) is 13.2 Å². The van der Waals surface area contributed by atoms with Crippen LogP contribution in [0.5, 0.6) is 0 Å². The van der Waals surface area contributed by atoms with Gasteiger partial charge in [-0.1, -0.05) is 233 Å². The first-order valence-corrected chi connectivity index (χ1v) is 30.8. The van der Waals surface area contributed by atoms with Crippen molar-refractivity contribution < 1.29 is 33.2 Å². The molecule has 0 radical (unpaired) electrons. The van der Waals surface area contributed by atoms with Gasteiger partial charge in [0.25, 0.3) is 0 Å². The molecule has 0 bridgehead atoms. The summed E-state index contributed by atoms with van der Waals surface area (Å²) in [6.45, 7) is 17.9. The van der Waals surface area contributed by atoms with Gasteiger partial charge in [0.1, 0.15) is 0 Å². The number of unbranched alkanes of at least 4 members (excludes halogenated alkanes) is 32. The van der Waals surface area contributed by atoms with Crippen molar-refractivity contribution in [3.8, 4) is 0 Å². The van der Waals surface area contributed by atoms with E-state index < -0.39 is 0 Å². The van der Waals surface area contributed by atoms with Gasteiger partial charge < -0.3 is 33.2 Å². The Labute approximate surface area is 431 Å². The standard InChI is InChI=1S/C62H122O7/c1-7-13-15-17-19-35-41-47-57-67-61(51-45-39-33-29-25-21-23-27-31-37-43-49-59(63-53-9-3)64-54-10-4)69-62(68-58-48-42-36-20-18-16-14-8-2)52-46-40-34-30-26-22-24-28-32-38-44-50-60(65-55-11-5)66-56-12-6/h45-46,51-52,59-62H,7-44,47-50,53-58H2,1-6H3. The lowest BCUT2D eigenvalue weighted by Gasteiger charge is -2.22. The van der Waals surface area contributed by atoms with E-state index in [0.717, 1.165) is 104 Å². The van der Waals surface area contributed by atoms with Gasteiger partial charge in [-0.15, -0.1) is 0 Å². The maximum atomic E-state index is 6.64. The van der Waals surface area contributed by atoms with E-state index in [9.17, 15) is 0 Å². The number of ether oxygens (including phenoxy) is 7. The van der Waals surface area contributed by atoms with Crippen LogP contribution in [0.4, 0.5) is 0 Å². The van der Waals surface area contributed by atoms with Crippen LogP contribution in [0.3, 0.4) is 0 Å². The van der Waals surface area contributed by atoms with E-state index in [-0.39, 0.29) is 25.2 Å². The molecule has 69 heavy (non-hydrogen) atoms. The molecule has 7 heteroatoms. The fraction of sp³-hybridized carbons (Fsp3) is 0.935. The van der Waals surface area contributed by atoms with Crippen LogP contribution in [0.2, 0.25) is 0 Å². The van der Waals surface area contributed by atoms with Gasteiger partial charge >= 0.3 is 0 Å². The summed E-state index contributed by atoms with van der Waals surface area (Å²) in [6.07, 6.45) is 60.7. The van der Waals surface area contributed by atoms with Crippen LogP contribution in [0, 0.1) is 0 Å². The molecule has 0 amide bonds. The summed E-state index contributed by atoms with van der Waals surface area (Å²) in [5, 5.41) is 0. The normalized spacial score (nSPS) is 13.1. The third-order valence-corrected chi connectivity index (χ3v) is 13.1. The molecule has 0 aromatic carbocycles. The minimum atomic E-state index is -0.375. The van der Waals surface area contributed by atoms with Crippen molar-refractivity contribution in [3.05, 3.63) is 24.3 Å². The first-order valence-electron chi connectivity index (χ1n) is 30.8. The van der Waals surface area contributed by atoms with Gasteiger partial charge in [0.2, 0.25) is 0 Å². The maximum Gasteiger partial charge on any atom is 0.180 e. The minimum absolute atomic E-state index is 0.00757. The lowest BCUT2D eigenvalue weighted by molar-refractivity contribution is -0.208. The summed E-state index contributed by atoms with van der Waals surface area (Å²) in [4.78, 5) is 0. The lowest BCUT2D eigenvalue weighted by atomic mass is 10.1. The largest absolute Gasteiger partial charge is 0.353 e. The molecule has 0 aliphatic carbocycles. The Morgan fingerprint density at radius 2 is 0.507 bits per heavy atom. The van der Waals surface area contributed by atoms with E-state index in [1.807, 2.05) is 0 Å². The third-order valence-electron chi connectivity index (χ3n) is 13.1. The fourth-order valence-corrected chi connectivity index (χ4v) is 8.75. The Morgan fingerprint density at radius 1 is 0.246 bits per heavy atom. The summed E-state index contributed by atoms with van der Waals surface area (Å²) in [5.74, 6) is 0. The van der Waals surface area contributed by atoms with Crippen LogP contribution in [0.1, 0.15) is 311 Å². The van der Waals surface area contributed by atoms with Crippen LogP contribution in [-0.2, 0) is 33.2 Å². The van der Waals surface area contributed by atoms with Crippen molar-refractivity contribution in [3.63, 3.8) is 0 Å². The average molecular weight is 980 g/mol. The zero-order chi connectivity index (χ0) is 50.0. The monoisotopic (exact) mass is 979 g/mol. The highest BCUT2D eigenvalue weighted by Gasteiger charge is 2.14. The molecule has 0 rings (SSSR count). The summed E-state index contributed by atoms with van der Waals surface area (Å²) < 4.78 is 43.2. The van der Waals surface area contributed by atoms with Crippen LogP contribution in [0.25, 0.3) is 0 Å². The predicted molar refractivity (Wildman–Crippen MR) is 298 cm³/mol. The Morgan fingerprint density at radius 3 is 0.797 bits per heavy atom. The Kier molecular flexibility index (Phi) is 59.1. The molecule has 0 saturated carbocycles. The van der Waals surface area contributed by atoms with Crippen molar-refractivity contribution >= 4 is 0 Å². The Bertz CT molecular complexity index is 898. The van der Waals surface area contributed by atoms with Gasteiger partial charge in [-0.05, 0) is 102 Å². The van der Waals surface area contributed by atoms with Crippen molar-refractivity contribution in [2.75, 3.05) is 39.6 Å². The Hall–Kier alpha value is -0.800. The number of hydrogen-bond acceptors (Lipinski definition) is 7. The molecule has 2 atom stereocenters. The number of allylic oxidation sites excluding steroid dienone is 2. The van der Waals surface area contributed by atoms with Crippen LogP contribution >= 0.6 is 0 Å². The lowest BCUT2D eigenvalue weighted by Crippen LogP contribution is -2.25. The number of rotatable bonds is 60. The van der Waals surface area contributed by atoms with Gasteiger partial charge in [-0.25, -0.2) is 0 Å². The molecule has 0 N–H and O–H groups in total. The highest BCUT2D eigenvalue weighted by molar-refractivity contribution is 4.90. The van der Waals surface area contributed by atoms with Gasteiger partial charge in [0, 0.05) is 26.4 Å². The molecule has 7 nitrogen and oxygen atoms in total.